The summed E-state index contributed by atoms with van der Waals surface area (Å²) in [5.74, 6) is 0.198. The van der Waals surface area contributed by atoms with Crippen LogP contribution < -0.4 is 10.6 Å². The Bertz CT molecular complexity index is 299. The van der Waals surface area contributed by atoms with Gasteiger partial charge in [-0.05, 0) is 26.3 Å². The van der Waals surface area contributed by atoms with Crippen molar-refractivity contribution in [2.75, 3.05) is 45.8 Å². The van der Waals surface area contributed by atoms with Gasteiger partial charge in [-0.3, -0.25) is 9.69 Å². The highest BCUT2D eigenvalue weighted by molar-refractivity contribution is 5.85. The van der Waals surface area contributed by atoms with Crippen molar-refractivity contribution in [3.63, 3.8) is 0 Å². The maximum Gasteiger partial charge on any atom is 0.234 e. The Balaban J connectivity index is 0.00000200. The lowest BCUT2D eigenvalue weighted by molar-refractivity contribution is -0.124. The Hall–Kier alpha value is -0.0700. The van der Waals surface area contributed by atoms with Gasteiger partial charge in [0.2, 0.25) is 5.91 Å². The first-order valence-corrected chi connectivity index (χ1v) is 7.65. The molecule has 5 nitrogen and oxygen atoms in total. The van der Waals surface area contributed by atoms with E-state index in [1.807, 2.05) is 0 Å². The number of hydrogen-bond donors (Lipinski definition) is 2. The molecule has 0 spiro atoms. The predicted molar refractivity (Wildman–Crippen MR) is 91.7 cm³/mol. The van der Waals surface area contributed by atoms with E-state index in [9.17, 15) is 4.79 Å². The molecule has 2 rings (SSSR count). The summed E-state index contributed by atoms with van der Waals surface area (Å²) in [6.07, 6.45) is 2.19. The van der Waals surface area contributed by atoms with Crippen molar-refractivity contribution in [2.45, 2.75) is 38.8 Å². The predicted octanol–water partition coefficient (Wildman–Crippen LogP) is 0.724. The second kappa shape index (κ2) is 10.6. The topological polar surface area (TPSA) is 47.6 Å². The van der Waals surface area contributed by atoms with Gasteiger partial charge in [-0.2, -0.15) is 0 Å². The summed E-state index contributed by atoms with van der Waals surface area (Å²) in [5, 5.41) is 6.56. The average Bonchev–Trinajstić information content (AvgIpc) is 2.42. The van der Waals surface area contributed by atoms with Gasteiger partial charge in [-0.15, -0.1) is 24.8 Å². The van der Waals surface area contributed by atoms with Crippen LogP contribution in [0.25, 0.3) is 0 Å². The molecule has 1 amide bonds. The summed E-state index contributed by atoms with van der Waals surface area (Å²) in [6.45, 7) is 11.2. The fourth-order valence-corrected chi connectivity index (χ4v) is 2.97. The molecule has 0 aromatic rings. The lowest BCUT2D eigenvalue weighted by Gasteiger charge is -2.35. The van der Waals surface area contributed by atoms with Crippen LogP contribution in [0.4, 0.5) is 0 Å². The second-order valence-corrected chi connectivity index (χ2v) is 5.80. The van der Waals surface area contributed by atoms with Crippen LogP contribution in [0.2, 0.25) is 0 Å². The minimum Gasteiger partial charge on any atom is -0.352 e. The van der Waals surface area contributed by atoms with Crippen LogP contribution in [-0.2, 0) is 4.79 Å². The number of carbonyl (C=O) groups is 1. The molecule has 2 aliphatic rings. The molecular weight excluding hydrogens is 311 g/mol. The van der Waals surface area contributed by atoms with Crippen LogP contribution in [0.1, 0.15) is 26.7 Å². The third-order valence-electron chi connectivity index (χ3n) is 4.39. The Labute approximate surface area is 141 Å². The van der Waals surface area contributed by atoms with E-state index in [1.54, 1.807) is 0 Å². The summed E-state index contributed by atoms with van der Waals surface area (Å²) < 4.78 is 0. The molecule has 7 heteroatoms. The number of rotatable bonds is 4. The maximum atomic E-state index is 12.1. The molecule has 2 fully saturated rings. The third-order valence-corrected chi connectivity index (χ3v) is 4.39. The van der Waals surface area contributed by atoms with Gasteiger partial charge >= 0.3 is 0 Å². The van der Waals surface area contributed by atoms with Gasteiger partial charge in [0.15, 0.2) is 0 Å². The van der Waals surface area contributed by atoms with Gasteiger partial charge in [0.25, 0.3) is 0 Å². The summed E-state index contributed by atoms with van der Waals surface area (Å²) in [4.78, 5) is 16.8. The normalized spacial score (nSPS) is 24.8. The third kappa shape index (κ3) is 6.70. The van der Waals surface area contributed by atoms with Crippen molar-refractivity contribution < 1.29 is 4.79 Å². The number of carbonyl (C=O) groups excluding carboxylic acids is 1. The Kier molecular flexibility index (Phi) is 10.6. The number of likely N-dealkylation sites (tertiary alicyclic amines) is 1. The van der Waals surface area contributed by atoms with Gasteiger partial charge in [-0.25, -0.2) is 0 Å². The molecule has 0 bridgehead atoms. The first-order chi connectivity index (χ1) is 9.19. The molecule has 21 heavy (non-hydrogen) atoms. The van der Waals surface area contributed by atoms with Gasteiger partial charge < -0.3 is 15.5 Å². The highest BCUT2D eigenvalue weighted by atomic mass is 35.5. The zero-order valence-corrected chi connectivity index (χ0v) is 14.8. The second-order valence-electron chi connectivity index (χ2n) is 5.80. The fourth-order valence-electron chi connectivity index (χ4n) is 2.97. The van der Waals surface area contributed by atoms with Crippen LogP contribution in [0.5, 0.6) is 0 Å². The first kappa shape index (κ1) is 20.9. The van der Waals surface area contributed by atoms with E-state index in [1.165, 1.54) is 0 Å². The smallest absolute Gasteiger partial charge is 0.234 e. The Morgan fingerprint density at radius 1 is 1.24 bits per heavy atom. The monoisotopic (exact) mass is 340 g/mol. The summed E-state index contributed by atoms with van der Waals surface area (Å²) in [7, 11) is 0. The molecule has 0 aromatic heterocycles. The minimum absolute atomic E-state index is 0. The molecule has 0 radical (unpaired) electrons. The molecule has 126 valence electrons. The Morgan fingerprint density at radius 3 is 2.48 bits per heavy atom. The number of hydrogen-bond acceptors (Lipinski definition) is 4. The maximum absolute atomic E-state index is 12.1. The van der Waals surface area contributed by atoms with E-state index >= 15 is 0 Å². The number of halogens is 2. The van der Waals surface area contributed by atoms with Gasteiger partial charge in [0.1, 0.15) is 0 Å². The minimum atomic E-state index is 0. The van der Waals surface area contributed by atoms with Crippen molar-refractivity contribution in [2.24, 2.45) is 0 Å². The van der Waals surface area contributed by atoms with Crippen LogP contribution in [0.3, 0.4) is 0 Å². The van der Waals surface area contributed by atoms with Crippen LogP contribution in [-0.4, -0.2) is 73.6 Å². The number of piperidine rings is 1. The molecule has 0 saturated carbocycles. The number of amides is 1. The van der Waals surface area contributed by atoms with E-state index in [4.69, 9.17) is 0 Å². The van der Waals surface area contributed by atoms with Gasteiger partial charge in [-0.1, -0.05) is 6.92 Å². The van der Waals surface area contributed by atoms with Crippen molar-refractivity contribution in [1.29, 1.82) is 0 Å². The van der Waals surface area contributed by atoms with Crippen molar-refractivity contribution in [3.05, 3.63) is 0 Å². The standard InChI is InChI=1S/C14H28N4O.2ClH/c1-3-17-7-4-13(5-8-17)16-14(19)11-18-9-6-15-10-12(18)2;;/h12-13,15H,3-11H2,1-2H3,(H,16,19);2*1H/t12-;;/m0../s1. The SMILES string of the molecule is CCN1CCC(NC(=O)CN2CCNC[C@@H]2C)CC1.Cl.Cl. The molecular formula is C14H30Cl2N4O. The lowest BCUT2D eigenvalue weighted by atomic mass is 10.1. The Morgan fingerprint density at radius 2 is 1.90 bits per heavy atom. The van der Waals surface area contributed by atoms with E-state index in [-0.39, 0.29) is 30.7 Å². The van der Waals surface area contributed by atoms with Gasteiger partial charge in [0, 0.05) is 44.8 Å². The van der Waals surface area contributed by atoms with Crippen LogP contribution in [0.15, 0.2) is 0 Å². The zero-order chi connectivity index (χ0) is 13.7. The molecule has 2 saturated heterocycles. The van der Waals surface area contributed by atoms with E-state index < -0.39 is 0 Å². The largest absolute Gasteiger partial charge is 0.352 e. The lowest BCUT2D eigenvalue weighted by Crippen LogP contribution is -2.54. The first-order valence-electron chi connectivity index (χ1n) is 7.65. The van der Waals surface area contributed by atoms with Crippen LogP contribution >= 0.6 is 24.8 Å². The number of nitrogens with one attached hydrogen (secondary N) is 2. The number of nitrogens with zero attached hydrogens (tertiary/aromatic N) is 2. The quantitative estimate of drug-likeness (QED) is 0.791. The van der Waals surface area contributed by atoms with Crippen molar-refractivity contribution >= 4 is 30.7 Å². The molecule has 0 aromatic carbocycles. The van der Waals surface area contributed by atoms with E-state index in [0.29, 0.717) is 18.6 Å². The molecule has 0 aliphatic carbocycles. The summed E-state index contributed by atoms with van der Waals surface area (Å²) in [5.41, 5.74) is 0. The molecule has 2 heterocycles. The van der Waals surface area contributed by atoms with E-state index in [0.717, 1.165) is 52.1 Å². The summed E-state index contributed by atoms with van der Waals surface area (Å²) >= 11 is 0. The molecule has 1 atom stereocenters. The highest BCUT2D eigenvalue weighted by Crippen LogP contribution is 2.10. The number of piperazine rings is 1. The van der Waals surface area contributed by atoms with Crippen molar-refractivity contribution in [3.8, 4) is 0 Å². The fraction of sp³-hybridized carbons (Fsp3) is 0.929. The van der Waals surface area contributed by atoms with Gasteiger partial charge in [0.05, 0.1) is 6.54 Å². The summed E-state index contributed by atoms with van der Waals surface area (Å²) in [6, 6.07) is 0.843. The highest BCUT2D eigenvalue weighted by Gasteiger charge is 2.23. The van der Waals surface area contributed by atoms with Crippen LogP contribution in [0, 0.1) is 0 Å². The van der Waals surface area contributed by atoms with Crippen molar-refractivity contribution in [1.82, 2.24) is 20.4 Å². The molecule has 2 N–H and O–H groups in total. The zero-order valence-electron chi connectivity index (χ0n) is 13.1. The molecule has 0 unspecified atom stereocenters. The average molecular weight is 341 g/mol. The van der Waals surface area contributed by atoms with E-state index in [2.05, 4.69) is 34.3 Å². The molecule has 2 aliphatic heterocycles.